The van der Waals surface area contributed by atoms with Crippen LogP contribution in [0.25, 0.3) is 0 Å². The van der Waals surface area contributed by atoms with Gasteiger partial charge in [-0.1, -0.05) is 25.5 Å². The predicted molar refractivity (Wildman–Crippen MR) is 100 cm³/mol. The second-order valence-corrected chi connectivity index (χ2v) is 8.31. The molecule has 1 atom stereocenters. The summed E-state index contributed by atoms with van der Waals surface area (Å²) in [6, 6.07) is 5.90. The van der Waals surface area contributed by atoms with E-state index in [9.17, 15) is 9.59 Å². The maximum absolute atomic E-state index is 13.3. The van der Waals surface area contributed by atoms with Gasteiger partial charge in [-0.3, -0.25) is 4.79 Å². The molecular weight excluding hydrogens is 314 g/mol. The lowest BCUT2D eigenvalue weighted by atomic mass is 9.75. The fourth-order valence-electron chi connectivity index (χ4n) is 3.53. The van der Waals surface area contributed by atoms with Crippen LogP contribution in [0.4, 0.5) is 4.79 Å². The van der Waals surface area contributed by atoms with Gasteiger partial charge in [-0.15, -0.1) is 0 Å². The van der Waals surface area contributed by atoms with E-state index in [0.717, 1.165) is 24.0 Å². The van der Waals surface area contributed by atoms with E-state index in [4.69, 9.17) is 4.74 Å². The molecule has 1 aliphatic rings. The van der Waals surface area contributed by atoms with E-state index in [2.05, 4.69) is 6.92 Å². The molecule has 4 heteroatoms. The summed E-state index contributed by atoms with van der Waals surface area (Å²) in [6.45, 7) is 12.8. The summed E-state index contributed by atoms with van der Waals surface area (Å²) in [5, 5.41) is 0. The molecule has 1 amide bonds. The van der Waals surface area contributed by atoms with E-state index in [-0.39, 0.29) is 11.9 Å². The number of rotatable bonds is 4. The van der Waals surface area contributed by atoms with Crippen LogP contribution in [0, 0.1) is 19.3 Å². The van der Waals surface area contributed by atoms with Crippen LogP contribution in [-0.4, -0.2) is 35.5 Å². The lowest BCUT2D eigenvalue weighted by Gasteiger charge is -2.29. The molecule has 0 radical (unpaired) electrons. The highest BCUT2D eigenvalue weighted by Crippen LogP contribution is 2.39. The normalized spacial score (nSPS) is 20.6. The molecule has 0 spiro atoms. The molecule has 1 heterocycles. The number of likely N-dealkylation sites (tertiary alicyclic amines) is 1. The number of ether oxygens (including phenoxy) is 1. The molecule has 2 rings (SSSR count). The quantitative estimate of drug-likeness (QED) is 0.728. The van der Waals surface area contributed by atoms with Crippen molar-refractivity contribution in [2.45, 2.75) is 66.4 Å². The molecule has 138 valence electrons. The smallest absolute Gasteiger partial charge is 0.410 e. The van der Waals surface area contributed by atoms with Crippen LogP contribution in [0.15, 0.2) is 18.2 Å². The number of carbonyl (C=O) groups is 2. The minimum absolute atomic E-state index is 0.156. The summed E-state index contributed by atoms with van der Waals surface area (Å²) in [5.74, 6) is 0.156. The van der Waals surface area contributed by atoms with E-state index in [0.29, 0.717) is 19.5 Å². The fourth-order valence-corrected chi connectivity index (χ4v) is 3.53. The van der Waals surface area contributed by atoms with Crippen molar-refractivity contribution in [1.82, 2.24) is 4.90 Å². The maximum Gasteiger partial charge on any atom is 0.410 e. The van der Waals surface area contributed by atoms with E-state index in [1.165, 1.54) is 5.56 Å². The number of carbonyl (C=O) groups excluding carboxylic acids is 2. The van der Waals surface area contributed by atoms with E-state index < -0.39 is 11.0 Å². The second-order valence-electron chi connectivity index (χ2n) is 8.31. The van der Waals surface area contributed by atoms with Crippen LogP contribution in [0.2, 0.25) is 0 Å². The molecule has 0 aliphatic carbocycles. The molecule has 4 nitrogen and oxygen atoms in total. The Hall–Kier alpha value is -1.84. The van der Waals surface area contributed by atoms with Crippen molar-refractivity contribution >= 4 is 11.9 Å². The molecule has 0 saturated carbocycles. The van der Waals surface area contributed by atoms with Gasteiger partial charge in [0.05, 0.1) is 5.41 Å². The van der Waals surface area contributed by atoms with Crippen molar-refractivity contribution in [1.29, 1.82) is 0 Å². The Bertz CT molecular complexity index is 660. The number of benzene rings is 1. The summed E-state index contributed by atoms with van der Waals surface area (Å²) in [4.78, 5) is 27.4. The average molecular weight is 345 g/mol. The number of ketones is 1. The molecule has 1 fully saturated rings. The molecular formula is C21H31NO3. The molecule has 1 aromatic rings. The second kappa shape index (κ2) is 7.19. The van der Waals surface area contributed by atoms with Crippen molar-refractivity contribution in [3.8, 4) is 0 Å². The SMILES string of the molecule is CCC[C@]1(C(=O)c2ccc(C)c(C)c2)CCN(C(=O)OC(C)(C)C)C1. The minimum atomic E-state index is -0.523. The van der Waals surface area contributed by atoms with Gasteiger partial charge in [-0.05, 0) is 64.7 Å². The lowest BCUT2D eigenvalue weighted by Crippen LogP contribution is -2.39. The highest BCUT2D eigenvalue weighted by Gasteiger charge is 2.46. The molecule has 1 aliphatic heterocycles. The zero-order valence-corrected chi connectivity index (χ0v) is 16.4. The summed E-state index contributed by atoms with van der Waals surface area (Å²) in [7, 11) is 0. The summed E-state index contributed by atoms with van der Waals surface area (Å²) < 4.78 is 5.49. The third-order valence-corrected chi connectivity index (χ3v) is 4.98. The number of nitrogens with zero attached hydrogens (tertiary/aromatic N) is 1. The predicted octanol–water partition coefficient (Wildman–Crippen LogP) is 4.91. The first-order valence-electron chi connectivity index (χ1n) is 9.18. The zero-order chi connectivity index (χ0) is 18.8. The van der Waals surface area contributed by atoms with Gasteiger partial charge >= 0.3 is 6.09 Å². The lowest BCUT2D eigenvalue weighted by molar-refractivity contribution is 0.0272. The molecule has 25 heavy (non-hydrogen) atoms. The largest absolute Gasteiger partial charge is 0.444 e. The number of hydrogen-bond donors (Lipinski definition) is 0. The van der Waals surface area contributed by atoms with Gasteiger partial charge in [-0.25, -0.2) is 4.79 Å². The van der Waals surface area contributed by atoms with Gasteiger partial charge in [0.2, 0.25) is 0 Å². The number of Topliss-reactive ketones (excluding diaryl/α,β-unsaturated/α-hetero) is 1. The molecule has 0 N–H and O–H groups in total. The Labute approximate surface area is 151 Å². The third-order valence-electron chi connectivity index (χ3n) is 4.98. The van der Waals surface area contributed by atoms with Gasteiger partial charge in [-0.2, -0.15) is 0 Å². The highest BCUT2D eigenvalue weighted by atomic mass is 16.6. The maximum atomic E-state index is 13.3. The van der Waals surface area contributed by atoms with Crippen molar-refractivity contribution in [2.24, 2.45) is 5.41 Å². The Balaban J connectivity index is 2.23. The Morgan fingerprint density at radius 1 is 1.20 bits per heavy atom. The van der Waals surface area contributed by atoms with Crippen molar-refractivity contribution in [3.05, 3.63) is 34.9 Å². The van der Waals surface area contributed by atoms with Crippen LogP contribution in [-0.2, 0) is 4.74 Å². The zero-order valence-electron chi connectivity index (χ0n) is 16.4. The van der Waals surface area contributed by atoms with Crippen LogP contribution in [0.1, 0.15) is 68.4 Å². The highest BCUT2D eigenvalue weighted by molar-refractivity contribution is 6.01. The van der Waals surface area contributed by atoms with Gasteiger partial charge in [0.25, 0.3) is 0 Å². The summed E-state index contributed by atoms with van der Waals surface area (Å²) in [6.07, 6.45) is 2.08. The van der Waals surface area contributed by atoms with E-state index in [1.807, 2.05) is 52.8 Å². The Morgan fingerprint density at radius 2 is 1.88 bits per heavy atom. The first-order valence-corrected chi connectivity index (χ1v) is 9.18. The monoisotopic (exact) mass is 345 g/mol. The van der Waals surface area contributed by atoms with Crippen LogP contribution in [0.3, 0.4) is 0 Å². The number of amides is 1. The van der Waals surface area contributed by atoms with Crippen molar-refractivity contribution in [3.63, 3.8) is 0 Å². The third kappa shape index (κ3) is 4.42. The van der Waals surface area contributed by atoms with Gasteiger partial charge < -0.3 is 9.64 Å². The first-order chi connectivity index (χ1) is 11.6. The van der Waals surface area contributed by atoms with Gasteiger partial charge in [0.15, 0.2) is 5.78 Å². The Kier molecular flexibility index (Phi) is 5.60. The van der Waals surface area contributed by atoms with Crippen LogP contribution in [0.5, 0.6) is 0 Å². The average Bonchev–Trinajstić information content (AvgIpc) is 2.94. The molecule has 1 saturated heterocycles. The standard InChI is InChI=1S/C21H31NO3/c1-7-10-21(18(23)17-9-8-15(2)16(3)13-17)11-12-22(14-21)19(24)25-20(4,5)6/h8-9,13H,7,10-12,14H2,1-6H3/t21-/m0/s1. The fraction of sp³-hybridized carbons (Fsp3) is 0.619. The van der Waals surface area contributed by atoms with Crippen LogP contribution >= 0.6 is 0 Å². The summed E-state index contributed by atoms with van der Waals surface area (Å²) >= 11 is 0. The molecule has 0 aromatic heterocycles. The van der Waals surface area contributed by atoms with Gasteiger partial charge in [0, 0.05) is 18.7 Å². The van der Waals surface area contributed by atoms with E-state index in [1.54, 1.807) is 4.90 Å². The number of hydrogen-bond acceptors (Lipinski definition) is 3. The topological polar surface area (TPSA) is 46.6 Å². The molecule has 0 unspecified atom stereocenters. The van der Waals surface area contributed by atoms with Crippen LogP contribution < -0.4 is 0 Å². The van der Waals surface area contributed by atoms with Crippen molar-refractivity contribution in [2.75, 3.05) is 13.1 Å². The van der Waals surface area contributed by atoms with Gasteiger partial charge in [0.1, 0.15) is 5.60 Å². The summed E-state index contributed by atoms with van der Waals surface area (Å²) in [5.41, 5.74) is 2.04. The Morgan fingerprint density at radius 3 is 2.44 bits per heavy atom. The van der Waals surface area contributed by atoms with Crippen molar-refractivity contribution < 1.29 is 14.3 Å². The van der Waals surface area contributed by atoms with E-state index >= 15 is 0 Å². The molecule has 1 aromatic carbocycles. The molecule has 0 bridgehead atoms. The first kappa shape index (κ1) is 19.5. The minimum Gasteiger partial charge on any atom is -0.444 e. The number of aryl methyl sites for hydroxylation is 2.